The number of halogens is 5. The maximum Gasteiger partial charge on any atom is 0.355 e. The van der Waals surface area contributed by atoms with Gasteiger partial charge in [0.05, 0.1) is 51.6 Å². The Morgan fingerprint density at radius 3 is 2.47 bits per heavy atom. The molecule has 0 bridgehead atoms. The van der Waals surface area contributed by atoms with Crippen molar-refractivity contribution in [2.75, 3.05) is 74.1 Å². The molecule has 0 unspecified atom stereocenters. The van der Waals surface area contributed by atoms with Gasteiger partial charge in [0.25, 0.3) is 5.91 Å². The van der Waals surface area contributed by atoms with Gasteiger partial charge in [-0.15, -0.1) is 0 Å². The van der Waals surface area contributed by atoms with Crippen LogP contribution in [0.3, 0.4) is 0 Å². The Bertz CT molecular complexity index is 3520. The fourth-order valence-electron chi connectivity index (χ4n) is 9.41. The number of pyridine rings is 2. The number of aryl methyl sites for hydroxylation is 1. The van der Waals surface area contributed by atoms with Crippen LogP contribution >= 0.6 is 15.9 Å². The molecule has 0 spiro atoms. The zero-order valence-corrected chi connectivity index (χ0v) is 41.4. The number of rotatable bonds is 11. The summed E-state index contributed by atoms with van der Waals surface area (Å²) in [6, 6.07) is 8.34. The Morgan fingerprint density at radius 1 is 0.958 bits per heavy atom. The first-order chi connectivity index (χ1) is 34.5. The van der Waals surface area contributed by atoms with Gasteiger partial charge < -0.3 is 34.6 Å². The Balaban J connectivity index is 0.987. The molecule has 8 heterocycles. The number of aromatic amines is 1. The maximum absolute atomic E-state index is 16.4. The highest BCUT2D eigenvalue weighted by Gasteiger charge is 2.34. The Morgan fingerprint density at radius 2 is 1.74 bits per heavy atom. The van der Waals surface area contributed by atoms with Crippen molar-refractivity contribution in [3.63, 3.8) is 0 Å². The van der Waals surface area contributed by atoms with E-state index in [1.54, 1.807) is 40.1 Å². The Hall–Kier alpha value is -7.53. The molecule has 6 aromatic heterocycles. The number of hydrogen-bond donors (Lipinski definition) is 2. The first kappa shape index (κ1) is 48.1. The number of amides is 1. The Labute approximate surface area is 417 Å². The molecule has 0 saturated carbocycles. The number of anilines is 3. The molecule has 1 amide bonds. The predicted octanol–water partition coefficient (Wildman–Crippen LogP) is 6.66. The molecule has 0 aliphatic carbocycles. The van der Waals surface area contributed by atoms with Crippen LogP contribution in [0, 0.1) is 30.2 Å². The minimum absolute atomic E-state index is 0.0441. The summed E-state index contributed by atoms with van der Waals surface area (Å²) in [6.45, 7) is 14.8. The summed E-state index contributed by atoms with van der Waals surface area (Å²) in [5.41, 5.74) is 0.512. The smallest absolute Gasteiger partial charge is 0.355 e. The molecule has 72 heavy (non-hydrogen) atoms. The van der Waals surface area contributed by atoms with Crippen molar-refractivity contribution in [3.8, 4) is 22.7 Å². The van der Waals surface area contributed by atoms with Crippen molar-refractivity contribution in [2.45, 2.75) is 46.2 Å². The van der Waals surface area contributed by atoms with Gasteiger partial charge in [0.1, 0.15) is 34.4 Å². The molecule has 10 rings (SSSR count). The third-order valence-corrected chi connectivity index (χ3v) is 13.7. The second-order valence-electron chi connectivity index (χ2n) is 18.4. The first-order valence-electron chi connectivity index (χ1n) is 23.2. The van der Waals surface area contributed by atoms with Gasteiger partial charge in [0.2, 0.25) is 11.9 Å². The van der Waals surface area contributed by atoms with E-state index in [2.05, 4.69) is 62.3 Å². The number of imidazole rings is 1. The van der Waals surface area contributed by atoms with Crippen LogP contribution in [0.1, 0.15) is 43.8 Å². The number of fused-ring (bicyclic) bond motifs is 3. The van der Waals surface area contributed by atoms with E-state index in [-0.39, 0.29) is 83.9 Å². The molecule has 2 aliphatic heterocycles. The largest absolute Gasteiger partial charge is 0.507 e. The number of phenolic OH excluding ortho intramolecular Hbond substituents is 1. The minimum atomic E-state index is -1.10. The highest BCUT2D eigenvalue weighted by Crippen LogP contribution is 2.37. The molecule has 2 fully saturated rings. The number of hydrogen-bond acceptors (Lipinski definition) is 14. The Kier molecular flexibility index (Phi) is 12.6. The molecule has 2 aliphatic rings. The van der Waals surface area contributed by atoms with Crippen LogP contribution in [0.25, 0.3) is 44.7 Å². The van der Waals surface area contributed by atoms with E-state index < -0.39 is 57.9 Å². The predicted molar refractivity (Wildman–Crippen MR) is 267 cm³/mol. The topological polar surface area (TPSA) is 186 Å². The van der Waals surface area contributed by atoms with Gasteiger partial charge in [0, 0.05) is 63.6 Å². The highest BCUT2D eigenvalue weighted by molar-refractivity contribution is 9.10. The standard InChI is InChI=1S/C49H48BrF4N15O3/c1-25(2)39-42(26(3)12-13-55-39)68-44-29(20-33(53)40(59-44)37-31(51)8-7-9-35(37)70)43(61-49(68)72)67-19-18-65(23-28(67)5)46(71)27(4)22-66(24-36-57-34-11-10-32(52)38(54)41(34)58-36)48-62-47(64-16-14-63(6)15-17-64)60-45-30(50)21-56-69(45)48/h7-13,20-21,25,28,70H,4,14-19,22-24H2,1-3,5-6H3,(H,57,58)/t28-/m0/s1. The van der Waals surface area contributed by atoms with Crippen LogP contribution in [0.15, 0.2) is 76.3 Å². The number of aromatic hydroxyl groups is 1. The number of carbonyl (C=O) groups is 1. The van der Waals surface area contributed by atoms with E-state index in [0.717, 1.165) is 31.3 Å². The summed E-state index contributed by atoms with van der Waals surface area (Å²) in [4.78, 5) is 69.5. The highest BCUT2D eigenvalue weighted by atomic mass is 79.9. The lowest BCUT2D eigenvalue weighted by Gasteiger charge is -2.41. The van der Waals surface area contributed by atoms with Gasteiger partial charge in [-0.2, -0.15) is 24.6 Å². The number of nitrogens with zero attached hydrogens (tertiary/aromatic N) is 14. The lowest BCUT2D eigenvalue weighted by molar-refractivity contribution is -0.127. The van der Waals surface area contributed by atoms with Gasteiger partial charge in [-0.05, 0) is 84.7 Å². The molecule has 18 nitrogen and oxygen atoms in total. The van der Waals surface area contributed by atoms with Gasteiger partial charge in [-0.25, -0.2) is 36.9 Å². The zero-order valence-electron chi connectivity index (χ0n) is 39.8. The molecular formula is C49H48BrF4N15O3. The van der Waals surface area contributed by atoms with Crippen LogP contribution < -0.4 is 20.4 Å². The van der Waals surface area contributed by atoms with Crippen LogP contribution in [0.2, 0.25) is 0 Å². The van der Waals surface area contributed by atoms with Gasteiger partial charge in [-0.3, -0.25) is 9.78 Å². The molecule has 2 saturated heterocycles. The molecule has 2 N–H and O–H groups in total. The van der Waals surface area contributed by atoms with E-state index >= 15 is 8.78 Å². The number of nitrogens with one attached hydrogen (secondary N) is 1. The monoisotopic (exact) mass is 1050 g/mol. The number of carbonyl (C=O) groups excluding carboxylic acids is 1. The van der Waals surface area contributed by atoms with Crippen molar-refractivity contribution in [1.29, 1.82) is 0 Å². The quantitative estimate of drug-likeness (QED) is 0.103. The molecule has 372 valence electrons. The number of likely N-dealkylation sites (N-methyl/N-ethyl adjacent to an activating group) is 1. The summed E-state index contributed by atoms with van der Waals surface area (Å²) in [6.07, 6.45) is 3.21. The SMILES string of the molecule is C=C(CN(Cc1nc2c(F)c(F)ccc2[nH]1)c1nc(N2CCN(C)CC2)nc2c(Br)cnn12)C(=O)N1CCN(c2nc(=O)n(-c3c(C)ccnc3C(C)C)c3nc(-c4c(O)cccc4F)c(F)cc23)[C@@H](C)C1. The van der Waals surface area contributed by atoms with E-state index in [0.29, 0.717) is 46.1 Å². The van der Waals surface area contributed by atoms with Crippen LogP contribution in [-0.4, -0.2) is 135 Å². The van der Waals surface area contributed by atoms with Crippen molar-refractivity contribution in [1.82, 2.24) is 58.9 Å². The summed E-state index contributed by atoms with van der Waals surface area (Å²) < 4.78 is 64.5. The second kappa shape index (κ2) is 18.9. The van der Waals surface area contributed by atoms with Crippen molar-refractivity contribution < 1.29 is 27.5 Å². The molecule has 2 aromatic carbocycles. The van der Waals surface area contributed by atoms with Crippen molar-refractivity contribution in [2.24, 2.45) is 0 Å². The van der Waals surface area contributed by atoms with Crippen LogP contribution in [0.5, 0.6) is 5.75 Å². The summed E-state index contributed by atoms with van der Waals surface area (Å²) in [5.74, 6) is -4.09. The molecular weight excluding hydrogens is 1000 g/mol. The summed E-state index contributed by atoms with van der Waals surface area (Å²) in [5, 5.41) is 15.4. The number of phenols is 1. The fourth-order valence-corrected chi connectivity index (χ4v) is 9.76. The lowest BCUT2D eigenvalue weighted by atomic mass is 10.0. The van der Waals surface area contributed by atoms with Gasteiger partial charge in [0.15, 0.2) is 28.7 Å². The molecule has 0 radical (unpaired) electrons. The normalized spacial score (nSPS) is 15.7. The van der Waals surface area contributed by atoms with Gasteiger partial charge in [-0.1, -0.05) is 26.5 Å². The first-order valence-corrected chi connectivity index (χ1v) is 24.0. The number of benzene rings is 2. The zero-order chi connectivity index (χ0) is 50.9. The van der Waals surface area contributed by atoms with E-state index in [9.17, 15) is 23.5 Å². The van der Waals surface area contributed by atoms with Crippen molar-refractivity contribution in [3.05, 3.63) is 122 Å². The van der Waals surface area contributed by atoms with E-state index in [1.165, 1.54) is 27.3 Å². The second-order valence-corrected chi connectivity index (χ2v) is 19.3. The molecule has 1 atom stereocenters. The van der Waals surface area contributed by atoms with E-state index in [4.69, 9.17) is 9.97 Å². The van der Waals surface area contributed by atoms with Crippen LogP contribution in [0.4, 0.5) is 35.3 Å². The lowest BCUT2D eigenvalue weighted by Crippen LogP contribution is -2.55. The maximum atomic E-state index is 16.4. The minimum Gasteiger partial charge on any atom is -0.507 e. The summed E-state index contributed by atoms with van der Waals surface area (Å²) >= 11 is 3.57. The fraction of sp³-hybridized carbons (Fsp3) is 0.327. The average molecular weight is 1050 g/mol. The van der Waals surface area contributed by atoms with E-state index in [1.807, 2.05) is 27.8 Å². The summed E-state index contributed by atoms with van der Waals surface area (Å²) in [7, 11) is 2.04. The number of aromatic nitrogens is 10. The molecule has 8 aromatic rings. The van der Waals surface area contributed by atoms with Crippen LogP contribution in [-0.2, 0) is 11.3 Å². The van der Waals surface area contributed by atoms with Crippen molar-refractivity contribution >= 4 is 67.3 Å². The molecule has 23 heteroatoms. The third-order valence-electron chi connectivity index (χ3n) is 13.1. The average Bonchev–Trinajstić information content (AvgIpc) is 3.95. The number of H-pyrrole nitrogens is 1. The number of piperazine rings is 2. The van der Waals surface area contributed by atoms with Gasteiger partial charge >= 0.3 is 5.69 Å². The third kappa shape index (κ3) is 8.62.